The Kier molecular flexibility index (Phi) is 6.70. The van der Waals surface area contributed by atoms with E-state index in [-0.39, 0.29) is 0 Å². The second kappa shape index (κ2) is 10.0. The summed E-state index contributed by atoms with van der Waals surface area (Å²) in [5.41, 5.74) is 5.50. The molecule has 0 aliphatic carbocycles. The Hall–Kier alpha value is -4.11. The fraction of sp³-hybridized carbons (Fsp3) is 0. The monoisotopic (exact) mass is 505 g/mol. The summed E-state index contributed by atoms with van der Waals surface area (Å²) in [6, 6.07) is 22.3. The summed E-state index contributed by atoms with van der Waals surface area (Å²) in [7, 11) is 0. The largest absolute Gasteiger partial charge is 0.329 e. The molecule has 0 saturated heterocycles. The van der Waals surface area contributed by atoms with Crippen molar-refractivity contribution in [3.63, 3.8) is 0 Å². The molecule has 0 spiro atoms. The predicted molar refractivity (Wildman–Crippen MR) is 127 cm³/mol. The molecule has 4 rings (SSSR count). The maximum Gasteiger partial charge on any atom is 0.329 e. The number of anilines is 1. The smallest absolute Gasteiger partial charge is 0.318 e. The number of amides is 2. The number of hydrazone groups is 1. The highest BCUT2D eigenvalue weighted by atomic mass is 79.9. The van der Waals surface area contributed by atoms with E-state index in [0.29, 0.717) is 16.9 Å². The second-order valence-electron chi connectivity index (χ2n) is 6.88. The van der Waals surface area contributed by atoms with Crippen molar-refractivity contribution in [1.29, 1.82) is 0 Å². The van der Waals surface area contributed by atoms with Gasteiger partial charge < -0.3 is 5.32 Å². The van der Waals surface area contributed by atoms with Crippen LogP contribution in [0.5, 0.6) is 0 Å². The Bertz CT molecular complexity index is 1300. The van der Waals surface area contributed by atoms with Crippen LogP contribution in [0.3, 0.4) is 0 Å². The number of carbonyl (C=O) groups is 2. The van der Waals surface area contributed by atoms with Crippen LogP contribution in [0.4, 0.5) is 10.1 Å². The predicted octanol–water partition coefficient (Wildman–Crippen LogP) is 4.53. The summed E-state index contributed by atoms with van der Waals surface area (Å²) in [6.07, 6.45) is 3.20. The minimum Gasteiger partial charge on any atom is -0.318 e. The Balaban J connectivity index is 1.52. The summed E-state index contributed by atoms with van der Waals surface area (Å²) in [6.45, 7) is 0. The van der Waals surface area contributed by atoms with E-state index in [2.05, 4.69) is 36.9 Å². The molecular formula is C24H17BrFN5O2. The molecule has 0 bridgehead atoms. The van der Waals surface area contributed by atoms with Crippen LogP contribution in [0.2, 0.25) is 0 Å². The highest BCUT2D eigenvalue weighted by Crippen LogP contribution is 2.24. The molecule has 1 heterocycles. The average molecular weight is 506 g/mol. The lowest BCUT2D eigenvalue weighted by molar-refractivity contribution is -0.136. The maximum absolute atomic E-state index is 13.0. The fourth-order valence-electron chi connectivity index (χ4n) is 2.96. The highest BCUT2D eigenvalue weighted by molar-refractivity contribution is 9.10. The molecule has 0 unspecified atom stereocenters. The Morgan fingerprint density at radius 1 is 0.939 bits per heavy atom. The molecule has 4 aromatic rings. The zero-order valence-electron chi connectivity index (χ0n) is 17.1. The molecule has 0 aliphatic rings. The van der Waals surface area contributed by atoms with Gasteiger partial charge in [-0.1, -0.05) is 46.3 Å². The topological polar surface area (TPSA) is 88.4 Å². The number of benzene rings is 3. The van der Waals surface area contributed by atoms with Gasteiger partial charge in [0.25, 0.3) is 0 Å². The molecular weight excluding hydrogens is 489 g/mol. The molecule has 0 aliphatic heterocycles. The Morgan fingerprint density at radius 2 is 1.64 bits per heavy atom. The van der Waals surface area contributed by atoms with Gasteiger partial charge in [-0.3, -0.25) is 9.59 Å². The molecule has 9 heteroatoms. The van der Waals surface area contributed by atoms with Crippen LogP contribution in [0.25, 0.3) is 16.9 Å². The SMILES string of the molecule is O=C(N/N=C\c1cn(-c2ccccc2)nc1-c1ccc(Br)cc1)C(=O)Nc1ccc(F)cc1. The van der Waals surface area contributed by atoms with Gasteiger partial charge in [0, 0.05) is 27.5 Å². The third kappa shape index (κ3) is 5.58. The number of para-hydroxylation sites is 1. The van der Waals surface area contributed by atoms with Gasteiger partial charge >= 0.3 is 11.8 Å². The summed E-state index contributed by atoms with van der Waals surface area (Å²) < 4.78 is 15.6. The van der Waals surface area contributed by atoms with Crippen LogP contribution in [0, 0.1) is 5.82 Å². The first kappa shape index (κ1) is 22.1. The number of rotatable bonds is 5. The molecule has 0 fully saturated rings. The molecule has 0 saturated carbocycles. The number of nitrogens with one attached hydrogen (secondary N) is 2. The van der Waals surface area contributed by atoms with E-state index in [1.807, 2.05) is 54.6 Å². The van der Waals surface area contributed by atoms with Crippen LogP contribution in [-0.4, -0.2) is 27.8 Å². The van der Waals surface area contributed by atoms with Gasteiger partial charge in [-0.25, -0.2) is 14.5 Å². The number of aromatic nitrogens is 2. The molecule has 1 aromatic heterocycles. The van der Waals surface area contributed by atoms with Gasteiger partial charge in [-0.2, -0.15) is 10.2 Å². The van der Waals surface area contributed by atoms with Crippen LogP contribution in [-0.2, 0) is 9.59 Å². The van der Waals surface area contributed by atoms with Crippen molar-refractivity contribution in [3.05, 3.63) is 101 Å². The zero-order chi connectivity index (χ0) is 23.2. The Labute approximate surface area is 197 Å². The standard InChI is InChI=1S/C24H17BrFN5O2/c25-18-8-6-16(7-9-18)22-17(15-31(30-22)21-4-2-1-3-5-21)14-27-29-24(33)23(32)28-20-12-10-19(26)11-13-20/h1-15H,(H,28,32)(H,29,33)/b27-14-. The van der Waals surface area contributed by atoms with Crippen molar-refractivity contribution in [2.24, 2.45) is 5.10 Å². The minimum absolute atomic E-state index is 0.294. The van der Waals surface area contributed by atoms with Crippen molar-refractivity contribution >= 4 is 39.6 Å². The number of carbonyl (C=O) groups excluding carboxylic acids is 2. The van der Waals surface area contributed by atoms with Crippen LogP contribution in [0.15, 0.2) is 94.6 Å². The van der Waals surface area contributed by atoms with E-state index in [1.54, 1.807) is 10.9 Å². The number of nitrogens with zero attached hydrogens (tertiary/aromatic N) is 3. The number of hydrogen-bond acceptors (Lipinski definition) is 4. The van der Waals surface area contributed by atoms with Gasteiger partial charge in [0.2, 0.25) is 0 Å². The lowest BCUT2D eigenvalue weighted by Crippen LogP contribution is -2.32. The highest BCUT2D eigenvalue weighted by Gasteiger charge is 2.14. The maximum atomic E-state index is 13.0. The molecule has 2 N–H and O–H groups in total. The summed E-state index contributed by atoms with van der Waals surface area (Å²) in [5, 5.41) is 11.0. The van der Waals surface area contributed by atoms with E-state index in [4.69, 9.17) is 0 Å². The first-order valence-corrected chi connectivity index (χ1v) is 10.6. The van der Waals surface area contributed by atoms with Crippen molar-refractivity contribution in [2.45, 2.75) is 0 Å². The van der Waals surface area contributed by atoms with E-state index < -0.39 is 17.6 Å². The van der Waals surface area contributed by atoms with Crippen molar-refractivity contribution < 1.29 is 14.0 Å². The van der Waals surface area contributed by atoms with E-state index in [1.165, 1.54) is 30.5 Å². The van der Waals surface area contributed by atoms with Crippen LogP contribution < -0.4 is 10.7 Å². The van der Waals surface area contributed by atoms with Crippen LogP contribution >= 0.6 is 15.9 Å². The van der Waals surface area contributed by atoms with Crippen molar-refractivity contribution in [3.8, 4) is 16.9 Å². The first-order chi connectivity index (χ1) is 16.0. The van der Waals surface area contributed by atoms with E-state index in [9.17, 15) is 14.0 Å². The summed E-state index contributed by atoms with van der Waals surface area (Å²) in [5.74, 6) is -2.33. The average Bonchev–Trinajstić information content (AvgIpc) is 3.25. The fourth-order valence-corrected chi connectivity index (χ4v) is 3.22. The van der Waals surface area contributed by atoms with Gasteiger partial charge in [0.05, 0.1) is 11.9 Å². The van der Waals surface area contributed by atoms with Gasteiger partial charge in [0.15, 0.2) is 0 Å². The van der Waals surface area contributed by atoms with Crippen LogP contribution in [0.1, 0.15) is 5.56 Å². The van der Waals surface area contributed by atoms with Gasteiger partial charge in [-0.15, -0.1) is 0 Å². The number of hydrogen-bond donors (Lipinski definition) is 2. The van der Waals surface area contributed by atoms with E-state index >= 15 is 0 Å². The van der Waals surface area contributed by atoms with E-state index in [0.717, 1.165) is 15.7 Å². The Morgan fingerprint density at radius 3 is 2.33 bits per heavy atom. The quantitative estimate of drug-likeness (QED) is 0.237. The first-order valence-electron chi connectivity index (χ1n) is 9.80. The summed E-state index contributed by atoms with van der Waals surface area (Å²) >= 11 is 3.42. The molecule has 33 heavy (non-hydrogen) atoms. The molecule has 2 amide bonds. The van der Waals surface area contributed by atoms with Crippen molar-refractivity contribution in [1.82, 2.24) is 15.2 Å². The molecule has 3 aromatic carbocycles. The lowest BCUT2D eigenvalue weighted by atomic mass is 10.1. The van der Waals surface area contributed by atoms with Gasteiger partial charge in [-0.05, 0) is 48.5 Å². The second-order valence-corrected chi connectivity index (χ2v) is 7.80. The third-order valence-corrected chi connectivity index (χ3v) is 5.09. The third-order valence-electron chi connectivity index (χ3n) is 4.56. The lowest BCUT2D eigenvalue weighted by Gasteiger charge is -2.03. The zero-order valence-corrected chi connectivity index (χ0v) is 18.7. The molecule has 7 nitrogen and oxygen atoms in total. The summed E-state index contributed by atoms with van der Waals surface area (Å²) in [4.78, 5) is 24.1. The molecule has 0 radical (unpaired) electrons. The van der Waals surface area contributed by atoms with Gasteiger partial charge in [0.1, 0.15) is 11.5 Å². The normalized spacial score (nSPS) is 10.8. The van der Waals surface area contributed by atoms with Crippen molar-refractivity contribution in [2.75, 3.05) is 5.32 Å². The minimum atomic E-state index is -0.962. The number of halogens is 2. The molecule has 164 valence electrons. The molecule has 0 atom stereocenters.